The Balaban J connectivity index is 2.13. The number of amides is 4. The van der Waals surface area contributed by atoms with E-state index in [-0.39, 0.29) is 28.6 Å². The number of carbonyl (C=O) groups is 4. The Bertz CT molecular complexity index is 1270. The maximum absolute atomic E-state index is 13.7. The number of methoxy groups -OCH3 is 3. The number of nitrogens with two attached hydrogens (primary N) is 1. The van der Waals surface area contributed by atoms with Crippen molar-refractivity contribution < 1.29 is 38.5 Å². The summed E-state index contributed by atoms with van der Waals surface area (Å²) in [6.07, 6.45) is -0.653. The van der Waals surface area contributed by atoms with Crippen molar-refractivity contribution in [3.05, 3.63) is 53.1 Å². The molecule has 0 spiro atoms. The quantitative estimate of drug-likeness (QED) is 0.203. The third-order valence-corrected chi connectivity index (χ3v) is 6.22. The van der Waals surface area contributed by atoms with Crippen LogP contribution in [0, 0.1) is 5.41 Å². The zero-order chi connectivity index (χ0) is 28.4. The maximum atomic E-state index is 13.7. The highest BCUT2D eigenvalue weighted by Crippen LogP contribution is 2.42. The first-order valence-corrected chi connectivity index (χ1v) is 11.3. The van der Waals surface area contributed by atoms with E-state index in [9.17, 15) is 24.3 Å². The molecule has 4 amide bonds. The smallest absolute Gasteiger partial charge is 0.344 e. The van der Waals surface area contributed by atoms with E-state index in [1.165, 1.54) is 64.7 Å². The number of ether oxygens (including phenoxy) is 3. The number of benzene rings is 2. The Hall–Kier alpha value is -4.81. The summed E-state index contributed by atoms with van der Waals surface area (Å²) in [6, 6.07) is 6.77. The Kier molecular flexibility index (Phi) is 7.79. The van der Waals surface area contributed by atoms with Gasteiger partial charge in [-0.15, -0.1) is 0 Å². The van der Waals surface area contributed by atoms with Crippen LogP contribution in [0.5, 0.6) is 17.2 Å². The molecule has 0 saturated carbocycles. The fraction of sp³-hybridized carbons (Fsp3) is 0.320. The number of hydrogen-bond donors (Lipinski definition) is 4. The Morgan fingerprint density at radius 2 is 1.66 bits per heavy atom. The fourth-order valence-corrected chi connectivity index (χ4v) is 4.30. The molecule has 1 aliphatic heterocycles. The Labute approximate surface area is 218 Å². The third kappa shape index (κ3) is 4.90. The zero-order valence-corrected chi connectivity index (χ0v) is 21.5. The summed E-state index contributed by atoms with van der Waals surface area (Å²) in [5, 5.41) is 21.3. The second-order valence-electron chi connectivity index (χ2n) is 8.60. The van der Waals surface area contributed by atoms with Gasteiger partial charge in [0.25, 0.3) is 5.91 Å². The summed E-state index contributed by atoms with van der Waals surface area (Å²) in [5.41, 5.74) is 4.92. The third-order valence-electron chi connectivity index (χ3n) is 6.22. The van der Waals surface area contributed by atoms with Crippen molar-refractivity contribution in [1.29, 1.82) is 5.41 Å². The largest absolute Gasteiger partial charge is 0.493 e. The number of nitrogen functional groups attached to an aromatic ring is 1. The molecule has 38 heavy (non-hydrogen) atoms. The molecule has 0 aromatic heterocycles. The number of hydrazine groups is 1. The van der Waals surface area contributed by atoms with E-state index >= 15 is 0 Å². The molecule has 0 aliphatic carbocycles. The number of nitrogens with one attached hydrogen (secondary N) is 2. The zero-order valence-electron chi connectivity index (χ0n) is 21.5. The van der Waals surface area contributed by atoms with E-state index in [1.54, 1.807) is 0 Å². The van der Waals surface area contributed by atoms with Crippen LogP contribution in [0.1, 0.15) is 43.0 Å². The molecule has 5 N–H and O–H groups in total. The molecule has 2 aromatic carbocycles. The van der Waals surface area contributed by atoms with Gasteiger partial charge < -0.3 is 30.4 Å². The summed E-state index contributed by atoms with van der Waals surface area (Å²) < 4.78 is 16.0. The lowest BCUT2D eigenvalue weighted by Gasteiger charge is -2.36. The number of carboxylic acids is 1. The number of amidine groups is 1. The number of rotatable bonds is 10. The molecule has 2 aromatic rings. The van der Waals surface area contributed by atoms with Crippen LogP contribution in [-0.2, 0) is 19.9 Å². The number of imide groups is 1. The van der Waals surface area contributed by atoms with Gasteiger partial charge in [0, 0.05) is 12.5 Å². The first-order chi connectivity index (χ1) is 17.9. The summed E-state index contributed by atoms with van der Waals surface area (Å²) in [6.45, 7) is 2.57. The minimum absolute atomic E-state index is 0.172. The van der Waals surface area contributed by atoms with Crippen molar-refractivity contribution in [2.45, 2.75) is 31.8 Å². The van der Waals surface area contributed by atoms with Crippen LogP contribution in [0.3, 0.4) is 0 Å². The molecule has 0 radical (unpaired) electrons. The van der Waals surface area contributed by atoms with Crippen LogP contribution in [0.25, 0.3) is 0 Å². The van der Waals surface area contributed by atoms with Crippen molar-refractivity contribution in [3.8, 4) is 17.2 Å². The van der Waals surface area contributed by atoms with Crippen molar-refractivity contribution >= 4 is 29.7 Å². The van der Waals surface area contributed by atoms with Gasteiger partial charge in [-0.2, -0.15) is 5.01 Å². The van der Waals surface area contributed by atoms with E-state index in [0.29, 0.717) is 16.1 Å². The number of hydrogen-bond acceptors (Lipinski definition) is 8. The summed E-state index contributed by atoms with van der Waals surface area (Å²) in [4.78, 5) is 51.8. The summed E-state index contributed by atoms with van der Waals surface area (Å²) in [5.74, 6) is -2.42. The Morgan fingerprint density at radius 3 is 2.08 bits per heavy atom. The summed E-state index contributed by atoms with van der Waals surface area (Å²) in [7, 11) is 4.14. The first kappa shape index (κ1) is 27.8. The number of carbonyl (C=O) groups excluding carboxylic acids is 3. The lowest BCUT2D eigenvalue weighted by Crippen LogP contribution is -2.52. The minimum atomic E-state index is -1.59. The molecule has 13 heteroatoms. The molecular weight excluding hydrogens is 498 g/mol. The molecule has 3 rings (SSSR count). The maximum Gasteiger partial charge on any atom is 0.344 e. The highest BCUT2D eigenvalue weighted by Gasteiger charge is 2.53. The molecule has 13 nitrogen and oxygen atoms in total. The first-order valence-electron chi connectivity index (χ1n) is 11.3. The lowest BCUT2D eigenvalue weighted by atomic mass is 9.91. The molecule has 2 unspecified atom stereocenters. The SMILES string of the molecule is COc1cc(C(CC(=O)O)N(C(C)=O)N2C(=O)NC(C)(c3ccc(C(=N)N)cc3)C2=O)cc(OC)c1OC. The van der Waals surface area contributed by atoms with Crippen molar-refractivity contribution in [3.63, 3.8) is 0 Å². The van der Waals surface area contributed by atoms with E-state index in [1.807, 2.05) is 0 Å². The predicted molar refractivity (Wildman–Crippen MR) is 134 cm³/mol. The van der Waals surface area contributed by atoms with Crippen LogP contribution < -0.4 is 25.3 Å². The van der Waals surface area contributed by atoms with Crippen LogP contribution in [0.15, 0.2) is 36.4 Å². The van der Waals surface area contributed by atoms with E-state index in [4.69, 9.17) is 25.4 Å². The van der Waals surface area contributed by atoms with Crippen LogP contribution in [-0.4, -0.2) is 66.1 Å². The van der Waals surface area contributed by atoms with Gasteiger partial charge in [0.15, 0.2) is 11.5 Å². The molecule has 1 aliphatic rings. The fourth-order valence-electron chi connectivity index (χ4n) is 4.30. The van der Waals surface area contributed by atoms with Gasteiger partial charge in [0.05, 0.1) is 33.8 Å². The van der Waals surface area contributed by atoms with Gasteiger partial charge in [-0.25, -0.2) is 9.80 Å². The average molecular weight is 528 g/mol. The van der Waals surface area contributed by atoms with Gasteiger partial charge in [-0.3, -0.25) is 19.8 Å². The van der Waals surface area contributed by atoms with E-state index in [0.717, 1.165) is 11.9 Å². The topological polar surface area (TPSA) is 185 Å². The number of nitrogens with zero attached hydrogens (tertiary/aromatic N) is 2. The molecule has 1 saturated heterocycles. The second-order valence-corrected chi connectivity index (χ2v) is 8.60. The van der Waals surface area contributed by atoms with Gasteiger partial charge in [-0.05, 0) is 30.2 Å². The highest BCUT2D eigenvalue weighted by atomic mass is 16.5. The Morgan fingerprint density at radius 1 is 1.11 bits per heavy atom. The molecule has 2 atom stereocenters. The van der Waals surface area contributed by atoms with E-state index in [2.05, 4.69) is 5.32 Å². The highest BCUT2D eigenvalue weighted by molar-refractivity contribution is 6.08. The molecular formula is C25H29N5O8. The van der Waals surface area contributed by atoms with Gasteiger partial charge in [0.1, 0.15) is 11.4 Å². The van der Waals surface area contributed by atoms with Gasteiger partial charge in [-0.1, -0.05) is 24.3 Å². The van der Waals surface area contributed by atoms with E-state index < -0.39 is 41.8 Å². The lowest BCUT2D eigenvalue weighted by molar-refractivity contribution is -0.162. The standard InChI is InChI=1S/C25H29N5O8/c1-13(31)29(17(12-20(32)33)15-10-18(36-3)21(38-5)19(11-15)37-4)30-23(34)25(2,28-24(30)35)16-8-6-14(7-9-16)22(26)27/h6-11,17H,12H2,1-5H3,(H3,26,27)(H,28,35)(H,32,33). The minimum Gasteiger partial charge on any atom is -0.493 e. The second kappa shape index (κ2) is 10.7. The van der Waals surface area contributed by atoms with Gasteiger partial charge >= 0.3 is 12.0 Å². The number of urea groups is 1. The monoisotopic (exact) mass is 527 g/mol. The van der Waals surface area contributed by atoms with Gasteiger partial charge in [0.2, 0.25) is 11.7 Å². The molecule has 202 valence electrons. The van der Waals surface area contributed by atoms with Crippen LogP contribution in [0.4, 0.5) is 4.79 Å². The van der Waals surface area contributed by atoms with Crippen molar-refractivity contribution in [2.24, 2.45) is 5.73 Å². The number of aliphatic carboxylic acids is 1. The van der Waals surface area contributed by atoms with Crippen molar-refractivity contribution in [1.82, 2.24) is 15.3 Å². The molecule has 1 fully saturated rings. The van der Waals surface area contributed by atoms with Crippen LogP contribution >= 0.6 is 0 Å². The molecule has 1 heterocycles. The average Bonchev–Trinajstić information content (AvgIpc) is 3.10. The normalized spacial score (nSPS) is 17.4. The number of carboxylic acid groups (broad SMARTS) is 1. The molecule has 0 bridgehead atoms. The predicted octanol–water partition coefficient (Wildman–Crippen LogP) is 1.74. The van der Waals surface area contributed by atoms with Crippen molar-refractivity contribution in [2.75, 3.05) is 21.3 Å². The summed E-state index contributed by atoms with van der Waals surface area (Å²) >= 11 is 0. The van der Waals surface area contributed by atoms with Crippen LogP contribution in [0.2, 0.25) is 0 Å².